The molecule has 4 heteroatoms. The summed E-state index contributed by atoms with van der Waals surface area (Å²) >= 11 is 0. The second kappa shape index (κ2) is 6.23. The fourth-order valence-corrected chi connectivity index (χ4v) is 3.46. The van der Waals surface area contributed by atoms with Crippen LogP contribution >= 0.6 is 0 Å². The normalized spacial score (nSPS) is 25.8. The highest BCUT2D eigenvalue weighted by atomic mass is 16.2. The first kappa shape index (κ1) is 14.8. The molecular formula is C15H29N3O. The molecule has 0 radical (unpaired) electrons. The van der Waals surface area contributed by atoms with Gasteiger partial charge in [-0.2, -0.15) is 0 Å². The molecule has 110 valence electrons. The van der Waals surface area contributed by atoms with Gasteiger partial charge in [0.05, 0.1) is 5.54 Å². The third kappa shape index (κ3) is 3.48. The predicted molar refractivity (Wildman–Crippen MR) is 78.2 cm³/mol. The number of nitrogens with one attached hydrogen (secondary N) is 1. The van der Waals surface area contributed by atoms with E-state index < -0.39 is 5.54 Å². The molecule has 0 aliphatic carbocycles. The van der Waals surface area contributed by atoms with Crippen molar-refractivity contribution in [2.45, 2.75) is 58.0 Å². The Morgan fingerprint density at radius 3 is 2.53 bits per heavy atom. The first-order valence-electron chi connectivity index (χ1n) is 7.83. The number of likely N-dealkylation sites (tertiary alicyclic amines) is 2. The molecule has 0 aromatic heterocycles. The topological polar surface area (TPSA) is 35.6 Å². The summed E-state index contributed by atoms with van der Waals surface area (Å²) < 4.78 is 0. The molecule has 2 aliphatic heterocycles. The Labute approximate surface area is 117 Å². The van der Waals surface area contributed by atoms with Crippen molar-refractivity contribution in [2.24, 2.45) is 0 Å². The van der Waals surface area contributed by atoms with E-state index in [0.717, 1.165) is 26.1 Å². The molecule has 2 rings (SSSR count). The molecule has 0 aromatic carbocycles. The van der Waals surface area contributed by atoms with Gasteiger partial charge in [-0.1, -0.05) is 6.92 Å². The highest BCUT2D eigenvalue weighted by molar-refractivity contribution is 5.85. The number of hydrogen-bond donors (Lipinski definition) is 1. The summed E-state index contributed by atoms with van der Waals surface area (Å²) in [4.78, 5) is 17.3. The molecule has 4 nitrogen and oxygen atoms in total. The standard InChI is InChI=1S/C15H29N3O/c1-4-16-15(2,3)14(19)18-11-7-8-13(12-18)17-9-5-6-10-17/h13,16H,4-12H2,1-3H3. The molecule has 1 N–H and O–H groups in total. The van der Waals surface area contributed by atoms with E-state index in [0.29, 0.717) is 6.04 Å². The van der Waals surface area contributed by atoms with Gasteiger partial charge in [0.25, 0.3) is 0 Å². The smallest absolute Gasteiger partial charge is 0.242 e. The molecule has 0 saturated carbocycles. The van der Waals surface area contributed by atoms with Crippen molar-refractivity contribution in [3.63, 3.8) is 0 Å². The number of likely N-dealkylation sites (N-methyl/N-ethyl adjacent to an activating group) is 1. The van der Waals surface area contributed by atoms with Crippen LogP contribution in [0.1, 0.15) is 46.5 Å². The lowest BCUT2D eigenvalue weighted by Crippen LogP contribution is -2.58. The number of hydrogen-bond acceptors (Lipinski definition) is 3. The van der Waals surface area contributed by atoms with Crippen LogP contribution in [0.3, 0.4) is 0 Å². The largest absolute Gasteiger partial charge is 0.340 e. The second-order valence-corrected chi connectivity index (χ2v) is 6.45. The number of piperidine rings is 1. The molecule has 1 atom stereocenters. The fraction of sp³-hybridized carbons (Fsp3) is 0.933. The van der Waals surface area contributed by atoms with Crippen molar-refractivity contribution in [3.8, 4) is 0 Å². The second-order valence-electron chi connectivity index (χ2n) is 6.45. The molecular weight excluding hydrogens is 238 g/mol. The third-order valence-corrected chi connectivity index (χ3v) is 4.49. The molecule has 1 unspecified atom stereocenters. The minimum Gasteiger partial charge on any atom is -0.340 e. The molecule has 1 amide bonds. The van der Waals surface area contributed by atoms with Crippen LogP contribution in [0.4, 0.5) is 0 Å². The van der Waals surface area contributed by atoms with Crippen molar-refractivity contribution >= 4 is 5.91 Å². The lowest BCUT2D eigenvalue weighted by atomic mass is 9.98. The maximum Gasteiger partial charge on any atom is 0.242 e. The number of nitrogens with zero attached hydrogens (tertiary/aromatic N) is 2. The molecule has 0 bridgehead atoms. The van der Waals surface area contributed by atoms with Crippen LogP contribution in [0.5, 0.6) is 0 Å². The van der Waals surface area contributed by atoms with E-state index in [4.69, 9.17) is 0 Å². The number of rotatable bonds is 4. The molecule has 2 aliphatic rings. The van der Waals surface area contributed by atoms with Crippen LogP contribution in [0, 0.1) is 0 Å². The summed E-state index contributed by atoms with van der Waals surface area (Å²) in [6.45, 7) is 11.2. The molecule has 0 aromatic rings. The van der Waals surface area contributed by atoms with Crippen molar-refractivity contribution < 1.29 is 4.79 Å². The van der Waals surface area contributed by atoms with E-state index in [9.17, 15) is 4.79 Å². The summed E-state index contributed by atoms with van der Waals surface area (Å²) in [6, 6.07) is 0.595. The van der Waals surface area contributed by atoms with Crippen LogP contribution < -0.4 is 5.32 Å². The molecule has 2 fully saturated rings. The monoisotopic (exact) mass is 267 g/mol. The van der Waals surface area contributed by atoms with Gasteiger partial charge < -0.3 is 10.2 Å². The van der Waals surface area contributed by atoms with Crippen LogP contribution in [-0.2, 0) is 4.79 Å². The fourth-order valence-electron chi connectivity index (χ4n) is 3.46. The summed E-state index contributed by atoms with van der Waals surface area (Å²) in [6.07, 6.45) is 5.06. The van der Waals surface area contributed by atoms with Gasteiger partial charge in [0, 0.05) is 19.1 Å². The van der Waals surface area contributed by atoms with Crippen molar-refractivity contribution in [2.75, 3.05) is 32.7 Å². The average Bonchev–Trinajstić information content (AvgIpc) is 2.92. The predicted octanol–water partition coefficient (Wildman–Crippen LogP) is 1.46. The first-order valence-corrected chi connectivity index (χ1v) is 7.83. The van der Waals surface area contributed by atoms with Crippen LogP contribution in [0.25, 0.3) is 0 Å². The molecule has 2 heterocycles. The van der Waals surface area contributed by atoms with Gasteiger partial charge in [0.15, 0.2) is 0 Å². The van der Waals surface area contributed by atoms with E-state index in [1.54, 1.807) is 0 Å². The van der Waals surface area contributed by atoms with Crippen LogP contribution in [-0.4, -0.2) is 60.0 Å². The van der Waals surface area contributed by atoms with Crippen molar-refractivity contribution in [1.82, 2.24) is 15.1 Å². The van der Waals surface area contributed by atoms with Gasteiger partial charge in [0.2, 0.25) is 5.91 Å². The SMILES string of the molecule is CCNC(C)(C)C(=O)N1CCCC(N2CCCC2)C1. The van der Waals surface area contributed by atoms with E-state index in [1.807, 2.05) is 13.8 Å². The Balaban J connectivity index is 1.94. The Bertz CT molecular complexity index is 311. The number of carbonyl (C=O) groups is 1. The van der Waals surface area contributed by atoms with Gasteiger partial charge in [-0.05, 0) is 59.2 Å². The zero-order valence-corrected chi connectivity index (χ0v) is 12.7. The first-order chi connectivity index (χ1) is 9.04. The highest BCUT2D eigenvalue weighted by Crippen LogP contribution is 2.22. The highest BCUT2D eigenvalue weighted by Gasteiger charge is 2.35. The van der Waals surface area contributed by atoms with Gasteiger partial charge >= 0.3 is 0 Å². The Morgan fingerprint density at radius 1 is 1.21 bits per heavy atom. The Hall–Kier alpha value is -0.610. The van der Waals surface area contributed by atoms with Gasteiger partial charge in [-0.25, -0.2) is 0 Å². The zero-order valence-electron chi connectivity index (χ0n) is 12.7. The van der Waals surface area contributed by atoms with Gasteiger partial charge in [-0.3, -0.25) is 9.69 Å². The van der Waals surface area contributed by atoms with Gasteiger partial charge in [0.1, 0.15) is 0 Å². The van der Waals surface area contributed by atoms with Crippen LogP contribution in [0.2, 0.25) is 0 Å². The van der Waals surface area contributed by atoms with E-state index >= 15 is 0 Å². The lowest BCUT2D eigenvalue weighted by Gasteiger charge is -2.40. The summed E-state index contributed by atoms with van der Waals surface area (Å²) in [7, 11) is 0. The maximum absolute atomic E-state index is 12.6. The zero-order chi connectivity index (χ0) is 13.9. The summed E-state index contributed by atoms with van der Waals surface area (Å²) in [5, 5.41) is 3.30. The van der Waals surface area contributed by atoms with E-state index in [-0.39, 0.29) is 5.91 Å². The quantitative estimate of drug-likeness (QED) is 0.837. The minimum absolute atomic E-state index is 0.262. The maximum atomic E-state index is 12.6. The minimum atomic E-state index is -0.429. The molecule has 2 saturated heterocycles. The van der Waals surface area contributed by atoms with Crippen LogP contribution in [0.15, 0.2) is 0 Å². The van der Waals surface area contributed by atoms with Crippen molar-refractivity contribution in [3.05, 3.63) is 0 Å². The Morgan fingerprint density at radius 2 is 1.89 bits per heavy atom. The van der Waals surface area contributed by atoms with E-state index in [1.165, 1.54) is 32.4 Å². The van der Waals surface area contributed by atoms with E-state index in [2.05, 4.69) is 22.0 Å². The molecule has 19 heavy (non-hydrogen) atoms. The Kier molecular flexibility index (Phi) is 4.85. The third-order valence-electron chi connectivity index (χ3n) is 4.49. The summed E-state index contributed by atoms with van der Waals surface area (Å²) in [5.41, 5.74) is -0.429. The summed E-state index contributed by atoms with van der Waals surface area (Å²) in [5.74, 6) is 0.262. The number of carbonyl (C=O) groups excluding carboxylic acids is 1. The van der Waals surface area contributed by atoms with Gasteiger partial charge in [-0.15, -0.1) is 0 Å². The van der Waals surface area contributed by atoms with Crippen molar-refractivity contribution in [1.29, 1.82) is 0 Å². The number of amides is 1. The molecule has 0 spiro atoms. The lowest BCUT2D eigenvalue weighted by molar-refractivity contribution is -0.139. The average molecular weight is 267 g/mol.